The smallest absolute Gasteiger partial charge is 0.339 e. The first-order chi connectivity index (χ1) is 9.20. The number of pyridine rings is 1. The molecule has 0 spiro atoms. The molecule has 0 bridgehead atoms. The van der Waals surface area contributed by atoms with Gasteiger partial charge in [-0.25, -0.2) is 4.79 Å². The van der Waals surface area contributed by atoms with E-state index in [1.165, 1.54) is 10.6 Å². The van der Waals surface area contributed by atoms with Gasteiger partial charge in [0.25, 0.3) is 0 Å². The van der Waals surface area contributed by atoms with Crippen molar-refractivity contribution in [3.05, 3.63) is 40.3 Å². The van der Waals surface area contributed by atoms with Crippen molar-refractivity contribution in [2.24, 2.45) is 5.11 Å². The number of fused-ring (bicyclic) bond motifs is 3. The van der Waals surface area contributed by atoms with E-state index in [2.05, 4.69) is 25.6 Å². The van der Waals surface area contributed by atoms with Crippen LogP contribution in [-0.2, 0) is 0 Å². The van der Waals surface area contributed by atoms with E-state index in [-0.39, 0.29) is 11.2 Å². The first-order valence-electron chi connectivity index (χ1n) is 5.14. The number of aromatic carboxylic acids is 1. The van der Waals surface area contributed by atoms with Gasteiger partial charge in [0, 0.05) is 16.0 Å². The molecular weight excluding hydrogens is 250 g/mol. The highest BCUT2D eigenvalue weighted by atomic mass is 16.4. The van der Waals surface area contributed by atoms with Crippen molar-refractivity contribution in [3.8, 4) is 0 Å². The van der Waals surface area contributed by atoms with Crippen molar-refractivity contribution in [2.45, 2.75) is 0 Å². The minimum absolute atomic E-state index is 0.00837. The number of nitrogens with zero attached hydrogens (tertiary/aromatic N) is 7. The second-order valence-electron chi connectivity index (χ2n) is 3.71. The third-order valence-corrected chi connectivity index (χ3v) is 2.64. The molecule has 9 nitrogen and oxygen atoms in total. The molecule has 2 aromatic heterocycles. The zero-order chi connectivity index (χ0) is 13.4. The molecule has 0 radical (unpaired) electrons. The van der Waals surface area contributed by atoms with Gasteiger partial charge in [-0.15, -0.1) is 5.10 Å². The number of tetrazole rings is 1. The van der Waals surface area contributed by atoms with Crippen molar-refractivity contribution >= 4 is 28.2 Å². The molecular formula is C10H5N7O2. The van der Waals surface area contributed by atoms with Crippen LogP contribution in [0.15, 0.2) is 29.4 Å². The minimum Gasteiger partial charge on any atom is -0.478 e. The zero-order valence-corrected chi connectivity index (χ0v) is 9.30. The summed E-state index contributed by atoms with van der Waals surface area (Å²) in [6.07, 6.45) is 0. The van der Waals surface area contributed by atoms with E-state index in [0.29, 0.717) is 16.6 Å². The number of benzene rings is 1. The standard InChI is InChI=1S/C10H5N7O2/c11-14-12-6-2-1-5-3-7(10(18)19)9-13-15-16-17(9)8(5)4-6/h1-4H,(H,18,19). The second kappa shape index (κ2) is 3.93. The summed E-state index contributed by atoms with van der Waals surface area (Å²) in [7, 11) is 0. The van der Waals surface area contributed by atoms with Crippen LogP contribution in [0, 0.1) is 0 Å². The van der Waals surface area contributed by atoms with Crippen LogP contribution in [0.25, 0.3) is 27.0 Å². The summed E-state index contributed by atoms with van der Waals surface area (Å²) >= 11 is 0. The average Bonchev–Trinajstić information content (AvgIpc) is 2.87. The Morgan fingerprint density at radius 1 is 1.42 bits per heavy atom. The molecule has 0 atom stereocenters. The van der Waals surface area contributed by atoms with Crippen molar-refractivity contribution in [1.82, 2.24) is 20.0 Å². The van der Waals surface area contributed by atoms with Crippen LogP contribution in [0.3, 0.4) is 0 Å². The van der Waals surface area contributed by atoms with E-state index in [4.69, 9.17) is 10.6 Å². The lowest BCUT2D eigenvalue weighted by Crippen LogP contribution is -2.02. The number of carboxylic acids is 1. The fourth-order valence-electron chi connectivity index (χ4n) is 1.85. The predicted molar refractivity (Wildman–Crippen MR) is 64.1 cm³/mol. The summed E-state index contributed by atoms with van der Waals surface area (Å²) in [6.45, 7) is 0. The van der Waals surface area contributed by atoms with Gasteiger partial charge < -0.3 is 5.11 Å². The van der Waals surface area contributed by atoms with Gasteiger partial charge in [-0.05, 0) is 28.1 Å². The van der Waals surface area contributed by atoms with E-state index < -0.39 is 5.97 Å². The topological polar surface area (TPSA) is 129 Å². The van der Waals surface area contributed by atoms with Gasteiger partial charge in [0.2, 0.25) is 0 Å². The Kier molecular flexibility index (Phi) is 2.26. The maximum absolute atomic E-state index is 11.2. The molecule has 0 aliphatic heterocycles. The van der Waals surface area contributed by atoms with E-state index >= 15 is 0 Å². The van der Waals surface area contributed by atoms with E-state index in [0.717, 1.165) is 0 Å². The molecule has 3 rings (SSSR count). The molecule has 92 valence electrons. The van der Waals surface area contributed by atoms with Gasteiger partial charge in [0.15, 0.2) is 5.65 Å². The largest absolute Gasteiger partial charge is 0.478 e. The third kappa shape index (κ3) is 1.61. The van der Waals surface area contributed by atoms with Crippen LogP contribution in [0.5, 0.6) is 0 Å². The highest BCUT2D eigenvalue weighted by Gasteiger charge is 2.15. The number of rotatable bonds is 2. The molecule has 9 heteroatoms. The second-order valence-corrected chi connectivity index (χ2v) is 3.71. The highest BCUT2D eigenvalue weighted by molar-refractivity contribution is 5.99. The molecule has 0 aliphatic rings. The summed E-state index contributed by atoms with van der Waals surface area (Å²) in [5.41, 5.74) is 9.52. The fourth-order valence-corrected chi connectivity index (χ4v) is 1.85. The van der Waals surface area contributed by atoms with Crippen LogP contribution in [0.1, 0.15) is 10.4 Å². The number of carboxylic acid groups (broad SMARTS) is 1. The summed E-state index contributed by atoms with van der Waals surface area (Å²) in [4.78, 5) is 13.8. The van der Waals surface area contributed by atoms with Gasteiger partial charge in [-0.3, -0.25) is 0 Å². The lowest BCUT2D eigenvalue weighted by molar-refractivity contribution is 0.0698. The summed E-state index contributed by atoms with van der Waals surface area (Å²) in [6, 6.07) is 6.30. The maximum atomic E-state index is 11.2. The van der Waals surface area contributed by atoms with Gasteiger partial charge in [-0.2, -0.15) is 4.52 Å². The SMILES string of the molecule is [N-]=[N+]=Nc1ccc2cc(C(=O)O)c3nnnn3c2c1. The van der Waals surface area contributed by atoms with Crippen molar-refractivity contribution in [1.29, 1.82) is 0 Å². The lowest BCUT2D eigenvalue weighted by Gasteiger charge is -2.03. The Bertz CT molecular complexity index is 863. The number of azide groups is 1. The van der Waals surface area contributed by atoms with Crippen molar-refractivity contribution in [2.75, 3.05) is 0 Å². The molecule has 0 fully saturated rings. The monoisotopic (exact) mass is 255 g/mol. The Hall–Kier alpha value is -3.19. The number of carbonyl (C=O) groups is 1. The Morgan fingerprint density at radius 2 is 2.26 bits per heavy atom. The molecule has 1 N–H and O–H groups in total. The van der Waals surface area contributed by atoms with Crippen LogP contribution in [-0.4, -0.2) is 31.1 Å². The van der Waals surface area contributed by atoms with Crippen LogP contribution >= 0.6 is 0 Å². The molecule has 0 saturated heterocycles. The van der Waals surface area contributed by atoms with Crippen molar-refractivity contribution in [3.63, 3.8) is 0 Å². The van der Waals surface area contributed by atoms with E-state index in [9.17, 15) is 4.79 Å². The van der Waals surface area contributed by atoms with Crippen LogP contribution < -0.4 is 0 Å². The molecule has 0 aliphatic carbocycles. The average molecular weight is 255 g/mol. The summed E-state index contributed by atoms with van der Waals surface area (Å²) < 4.78 is 1.30. The van der Waals surface area contributed by atoms with Gasteiger partial charge in [-0.1, -0.05) is 17.2 Å². The molecule has 1 aromatic carbocycles. The third-order valence-electron chi connectivity index (χ3n) is 2.64. The first-order valence-corrected chi connectivity index (χ1v) is 5.14. The van der Waals surface area contributed by atoms with E-state index in [1.807, 2.05) is 0 Å². The van der Waals surface area contributed by atoms with Crippen LogP contribution in [0.2, 0.25) is 0 Å². The summed E-state index contributed by atoms with van der Waals surface area (Å²) in [5.74, 6) is -1.11. The molecule has 3 aromatic rings. The predicted octanol–water partition coefficient (Wildman–Crippen LogP) is 1.92. The normalized spacial score (nSPS) is 10.5. The van der Waals surface area contributed by atoms with Crippen molar-refractivity contribution < 1.29 is 9.90 Å². The maximum Gasteiger partial charge on any atom is 0.339 e. The Labute approximate surface area is 104 Å². The lowest BCUT2D eigenvalue weighted by atomic mass is 10.1. The first kappa shape index (κ1) is 10.9. The molecule has 19 heavy (non-hydrogen) atoms. The molecule has 0 saturated carbocycles. The zero-order valence-electron chi connectivity index (χ0n) is 9.30. The highest BCUT2D eigenvalue weighted by Crippen LogP contribution is 2.24. The molecule has 0 unspecified atom stereocenters. The van der Waals surface area contributed by atoms with Crippen LogP contribution in [0.4, 0.5) is 5.69 Å². The molecule has 2 heterocycles. The van der Waals surface area contributed by atoms with Gasteiger partial charge in [0.1, 0.15) is 5.56 Å². The Balaban J connectivity index is 2.46. The quantitative estimate of drug-likeness (QED) is 0.424. The molecule has 0 amide bonds. The van der Waals surface area contributed by atoms with E-state index in [1.54, 1.807) is 18.2 Å². The minimum atomic E-state index is -1.11. The number of hydrogen-bond acceptors (Lipinski definition) is 5. The number of aromatic nitrogens is 4. The fraction of sp³-hybridized carbons (Fsp3) is 0. The number of hydrogen-bond donors (Lipinski definition) is 1. The van der Waals surface area contributed by atoms with Gasteiger partial charge in [0.05, 0.1) is 5.52 Å². The summed E-state index contributed by atoms with van der Waals surface area (Å²) in [5, 5.41) is 24.1. The Morgan fingerprint density at radius 3 is 3.00 bits per heavy atom. The van der Waals surface area contributed by atoms with Gasteiger partial charge >= 0.3 is 5.97 Å².